The highest BCUT2D eigenvalue weighted by atomic mass is 32.1. The molecule has 0 aliphatic carbocycles. The second kappa shape index (κ2) is 7.46. The number of anilines is 2. The van der Waals surface area contributed by atoms with E-state index in [1.807, 2.05) is 23.6 Å². The number of carboxylic acid groups (broad SMARTS) is 1. The first-order chi connectivity index (χ1) is 11.6. The van der Waals surface area contributed by atoms with Crippen molar-refractivity contribution in [3.8, 4) is 10.4 Å². The van der Waals surface area contributed by atoms with E-state index in [2.05, 4.69) is 10.6 Å². The van der Waals surface area contributed by atoms with Crippen LogP contribution >= 0.6 is 11.3 Å². The van der Waals surface area contributed by atoms with Crippen molar-refractivity contribution in [3.05, 3.63) is 35.7 Å². The molecule has 2 amide bonds. The predicted octanol–water partition coefficient (Wildman–Crippen LogP) is 3.87. The lowest BCUT2D eigenvalue weighted by Crippen LogP contribution is -2.29. The molecule has 1 aliphatic rings. The van der Waals surface area contributed by atoms with Crippen molar-refractivity contribution < 1.29 is 19.4 Å². The molecule has 1 saturated heterocycles. The average molecular weight is 346 g/mol. The number of hydrogen-bond donors (Lipinski definition) is 3. The smallest absolute Gasteiger partial charge is 0.409 e. The highest BCUT2D eigenvalue weighted by Gasteiger charge is 2.22. The highest BCUT2D eigenvalue weighted by Crippen LogP contribution is 2.32. The quantitative estimate of drug-likeness (QED) is 0.784. The van der Waals surface area contributed by atoms with Gasteiger partial charge in [0.2, 0.25) is 5.91 Å². The Morgan fingerprint density at radius 1 is 1.12 bits per heavy atom. The van der Waals surface area contributed by atoms with Crippen molar-refractivity contribution in [2.75, 3.05) is 23.8 Å². The number of hydrogen-bond acceptors (Lipinski definition) is 4. The molecule has 126 valence electrons. The Hall–Kier alpha value is -2.38. The zero-order valence-electron chi connectivity index (χ0n) is 13.0. The molecular weight excluding hydrogens is 328 g/mol. The molecule has 1 aliphatic heterocycles. The molecule has 1 aromatic carbocycles. The standard InChI is InChI=1S/C17H18N2O4S/c20-16(11-5-7-23-8-6-11)18-14-10-12(15-2-1-9-24-15)3-4-13(14)19-17(21)22/h1-4,9-11,19H,5-8H2,(H,18,20)(H,21,22). The van der Waals surface area contributed by atoms with Gasteiger partial charge in [0.25, 0.3) is 0 Å². The molecule has 6 nitrogen and oxygen atoms in total. The lowest BCUT2D eigenvalue weighted by molar-refractivity contribution is -0.122. The minimum absolute atomic E-state index is 0.102. The van der Waals surface area contributed by atoms with Gasteiger partial charge in [-0.1, -0.05) is 12.1 Å². The van der Waals surface area contributed by atoms with Gasteiger partial charge in [-0.05, 0) is 42.0 Å². The first kappa shape index (κ1) is 16.5. The minimum Gasteiger partial charge on any atom is -0.465 e. The van der Waals surface area contributed by atoms with Crippen LogP contribution in [0.5, 0.6) is 0 Å². The minimum atomic E-state index is -1.17. The number of benzene rings is 1. The van der Waals surface area contributed by atoms with Gasteiger partial charge in [-0.25, -0.2) is 4.79 Å². The topological polar surface area (TPSA) is 87.7 Å². The fourth-order valence-electron chi connectivity index (χ4n) is 2.66. The fraction of sp³-hybridized carbons (Fsp3) is 0.294. The molecule has 3 N–H and O–H groups in total. The Morgan fingerprint density at radius 2 is 1.92 bits per heavy atom. The number of ether oxygens (including phenoxy) is 1. The van der Waals surface area contributed by atoms with Crippen LogP contribution in [0.2, 0.25) is 0 Å². The van der Waals surface area contributed by atoms with Crippen LogP contribution in [-0.2, 0) is 9.53 Å². The summed E-state index contributed by atoms with van der Waals surface area (Å²) in [5.74, 6) is -0.211. The van der Waals surface area contributed by atoms with Crippen molar-refractivity contribution in [2.24, 2.45) is 5.92 Å². The van der Waals surface area contributed by atoms with Crippen molar-refractivity contribution in [3.63, 3.8) is 0 Å². The lowest BCUT2D eigenvalue weighted by atomic mass is 9.99. The molecule has 0 radical (unpaired) electrons. The molecule has 0 atom stereocenters. The van der Waals surface area contributed by atoms with Gasteiger partial charge in [0.15, 0.2) is 0 Å². The lowest BCUT2D eigenvalue weighted by Gasteiger charge is -2.22. The van der Waals surface area contributed by atoms with Crippen molar-refractivity contribution in [1.82, 2.24) is 0 Å². The maximum Gasteiger partial charge on any atom is 0.409 e. The van der Waals surface area contributed by atoms with E-state index < -0.39 is 6.09 Å². The Kier molecular flexibility index (Phi) is 5.12. The summed E-state index contributed by atoms with van der Waals surface area (Å²) in [6.45, 7) is 1.15. The molecular formula is C17H18N2O4S. The van der Waals surface area contributed by atoms with Gasteiger partial charge in [0.1, 0.15) is 0 Å². The maximum atomic E-state index is 12.5. The summed E-state index contributed by atoms with van der Waals surface area (Å²) in [5.41, 5.74) is 1.77. The van der Waals surface area contributed by atoms with Gasteiger partial charge in [-0.15, -0.1) is 11.3 Å². The Bertz CT molecular complexity index is 724. The van der Waals surface area contributed by atoms with E-state index >= 15 is 0 Å². The van der Waals surface area contributed by atoms with Gasteiger partial charge in [-0.3, -0.25) is 10.1 Å². The van der Waals surface area contributed by atoms with Gasteiger partial charge >= 0.3 is 6.09 Å². The van der Waals surface area contributed by atoms with Crippen LogP contribution in [0, 0.1) is 5.92 Å². The number of carbonyl (C=O) groups is 2. The van der Waals surface area contributed by atoms with E-state index in [-0.39, 0.29) is 11.8 Å². The van der Waals surface area contributed by atoms with E-state index in [4.69, 9.17) is 9.84 Å². The molecule has 0 unspecified atom stereocenters. The van der Waals surface area contributed by atoms with Crippen LogP contribution in [0.15, 0.2) is 35.7 Å². The largest absolute Gasteiger partial charge is 0.465 e. The van der Waals surface area contributed by atoms with Gasteiger partial charge in [0.05, 0.1) is 11.4 Å². The van der Waals surface area contributed by atoms with E-state index in [9.17, 15) is 9.59 Å². The summed E-state index contributed by atoms with van der Waals surface area (Å²) in [6, 6.07) is 9.23. The van der Waals surface area contributed by atoms with Crippen LogP contribution in [0.25, 0.3) is 10.4 Å². The van der Waals surface area contributed by atoms with Gasteiger partial charge in [-0.2, -0.15) is 0 Å². The Labute approximate surface area is 143 Å². The van der Waals surface area contributed by atoms with Gasteiger partial charge in [0, 0.05) is 24.0 Å². The van der Waals surface area contributed by atoms with Crippen molar-refractivity contribution in [1.29, 1.82) is 0 Å². The summed E-state index contributed by atoms with van der Waals surface area (Å²) in [7, 11) is 0. The second-order valence-corrected chi connectivity index (χ2v) is 6.49. The molecule has 1 aromatic heterocycles. The average Bonchev–Trinajstić information content (AvgIpc) is 3.11. The van der Waals surface area contributed by atoms with Crippen LogP contribution in [0.4, 0.5) is 16.2 Å². The molecule has 3 rings (SSSR count). The van der Waals surface area contributed by atoms with Gasteiger partial charge < -0.3 is 15.2 Å². The van der Waals surface area contributed by atoms with Crippen molar-refractivity contribution in [2.45, 2.75) is 12.8 Å². The molecule has 0 bridgehead atoms. The first-order valence-electron chi connectivity index (χ1n) is 7.70. The van der Waals surface area contributed by atoms with Crippen LogP contribution in [0.3, 0.4) is 0 Å². The molecule has 0 saturated carbocycles. The number of carbonyl (C=O) groups excluding carboxylic acids is 1. The first-order valence-corrected chi connectivity index (χ1v) is 8.58. The predicted molar refractivity (Wildman–Crippen MR) is 93.6 cm³/mol. The normalized spacial score (nSPS) is 15.0. The Balaban J connectivity index is 1.85. The van der Waals surface area contributed by atoms with E-state index in [0.717, 1.165) is 10.4 Å². The van der Waals surface area contributed by atoms with Crippen LogP contribution < -0.4 is 10.6 Å². The summed E-state index contributed by atoms with van der Waals surface area (Å²) in [6.07, 6.45) is 0.191. The maximum absolute atomic E-state index is 12.5. The van der Waals surface area contributed by atoms with E-state index in [1.165, 1.54) is 0 Å². The number of rotatable bonds is 4. The van der Waals surface area contributed by atoms with E-state index in [0.29, 0.717) is 37.4 Å². The summed E-state index contributed by atoms with van der Waals surface area (Å²) in [4.78, 5) is 24.5. The SMILES string of the molecule is O=C(O)Nc1ccc(-c2cccs2)cc1NC(=O)C1CCOCC1. The summed E-state index contributed by atoms with van der Waals surface area (Å²) in [5, 5.41) is 16.2. The second-order valence-electron chi connectivity index (χ2n) is 5.54. The van der Waals surface area contributed by atoms with E-state index in [1.54, 1.807) is 23.5 Å². The molecule has 7 heteroatoms. The Morgan fingerprint density at radius 3 is 2.58 bits per heavy atom. The number of amides is 2. The zero-order valence-corrected chi connectivity index (χ0v) is 13.8. The molecule has 2 aromatic rings. The molecule has 1 fully saturated rings. The molecule has 0 spiro atoms. The summed E-state index contributed by atoms with van der Waals surface area (Å²) >= 11 is 1.59. The number of nitrogens with one attached hydrogen (secondary N) is 2. The zero-order chi connectivity index (χ0) is 16.9. The molecule has 24 heavy (non-hydrogen) atoms. The summed E-state index contributed by atoms with van der Waals surface area (Å²) < 4.78 is 5.28. The third-order valence-electron chi connectivity index (χ3n) is 3.92. The third kappa shape index (κ3) is 3.93. The fourth-order valence-corrected chi connectivity index (χ4v) is 3.39. The third-order valence-corrected chi connectivity index (χ3v) is 4.84. The molecule has 2 heterocycles. The monoisotopic (exact) mass is 346 g/mol. The van der Waals surface area contributed by atoms with Crippen molar-refractivity contribution >= 4 is 34.7 Å². The highest BCUT2D eigenvalue weighted by molar-refractivity contribution is 7.13. The number of thiophene rings is 1. The van der Waals surface area contributed by atoms with Crippen LogP contribution in [0.1, 0.15) is 12.8 Å². The van der Waals surface area contributed by atoms with Crippen LogP contribution in [-0.4, -0.2) is 30.3 Å².